The second kappa shape index (κ2) is 54.8. The van der Waals surface area contributed by atoms with Crippen LogP contribution >= 0.6 is 7.26 Å². The Morgan fingerprint density at radius 2 is 0.274 bits per heavy atom. The summed E-state index contributed by atoms with van der Waals surface area (Å²) in [5.41, 5.74) is 28.4. The molecule has 0 fully saturated rings. The zero-order valence-corrected chi connectivity index (χ0v) is 83.1. The van der Waals surface area contributed by atoms with Crippen molar-refractivity contribution in [2.45, 2.75) is 129 Å². The van der Waals surface area contributed by atoms with Crippen molar-refractivity contribution in [3.63, 3.8) is 0 Å². The highest BCUT2D eigenvalue weighted by Crippen LogP contribution is 2.54. The van der Waals surface area contributed by atoms with E-state index in [-0.39, 0.29) is 24.4 Å². The molecular formula is C132H138BrOP. The van der Waals surface area contributed by atoms with Crippen LogP contribution in [0.25, 0.3) is 97.2 Å². The molecule has 0 N–H and O–H groups in total. The molecule has 1 nitrogen and oxygen atoms in total. The molecule has 3 heteroatoms. The van der Waals surface area contributed by atoms with E-state index in [0.717, 1.165) is 50.4 Å². The average molecular weight is 1850 g/mol. The minimum atomic E-state index is -2.04. The molecular weight excluding hydrogens is 1710 g/mol. The van der Waals surface area contributed by atoms with Gasteiger partial charge in [0, 0.05) is 5.56 Å². The summed E-state index contributed by atoms with van der Waals surface area (Å²) in [6.07, 6.45) is 42.3. The number of hydrogen-bond donors (Lipinski definition) is 0. The van der Waals surface area contributed by atoms with Crippen molar-refractivity contribution in [2.75, 3.05) is 0 Å². The average Bonchev–Trinajstić information content (AvgIpc) is 0.734. The van der Waals surface area contributed by atoms with Gasteiger partial charge in [0.15, 0.2) is 0 Å². The third-order valence-corrected chi connectivity index (χ3v) is 27.3. The monoisotopic (exact) mass is 1850 g/mol. The van der Waals surface area contributed by atoms with Crippen LogP contribution in [0.5, 0.6) is 0 Å². The van der Waals surface area contributed by atoms with Crippen molar-refractivity contribution in [1.29, 1.82) is 0 Å². The van der Waals surface area contributed by atoms with E-state index in [4.69, 9.17) is 0 Å². The number of halogens is 1. The fourth-order valence-corrected chi connectivity index (χ4v) is 20.4. The van der Waals surface area contributed by atoms with Crippen LogP contribution in [-0.2, 0) is 38.5 Å². The molecule has 15 aromatic rings. The van der Waals surface area contributed by atoms with Crippen molar-refractivity contribution >= 4 is 132 Å². The molecule has 0 radical (unpaired) electrons. The smallest absolute Gasteiger partial charge is 0.150 e. The molecule has 0 unspecified atom stereocenters. The van der Waals surface area contributed by atoms with E-state index in [9.17, 15) is 4.79 Å². The van der Waals surface area contributed by atoms with Crippen LogP contribution in [0.1, 0.15) is 223 Å². The first kappa shape index (κ1) is 104. The maximum atomic E-state index is 10.6. The summed E-state index contributed by atoms with van der Waals surface area (Å²) in [4.78, 5) is 10.6. The Balaban J connectivity index is 0.000000189. The number of aldehydes is 1. The SMILES string of the molecule is C.CC(C)Cc1ccc(C=Cc2ccc(C=Cc3ccc(C=Cc4ccc(CC(C)C)cc4)cc3)cc2)cc1.CC(C)Cc1ccc(C=Cc2ccc(C=Cc3ccc(C=Cc4ccc(CC(C)C)cc4)cc3)cc2)cc1.CC(C)Cc1ccc(C=Cc2ccc(C=O)cc2)cc1.CC(C)Cc1ccc(C=Cc2ccc([P+](c3ccccc3)(c3ccccc3)c3ccccc3)cc2)cc1.[Br-]. The Bertz CT molecular complexity index is 5680. The largest absolute Gasteiger partial charge is 1.00 e. The van der Waals surface area contributed by atoms with Gasteiger partial charge in [-0.05, 0) is 245 Å². The summed E-state index contributed by atoms with van der Waals surface area (Å²) in [6, 6.07) is 138. The first-order valence-electron chi connectivity index (χ1n) is 47.8. The number of hydrogen-bond acceptors (Lipinski definition) is 1. The van der Waals surface area contributed by atoms with Gasteiger partial charge in [0.2, 0.25) is 0 Å². The van der Waals surface area contributed by atoms with Crippen molar-refractivity contribution in [3.8, 4) is 0 Å². The minimum absolute atomic E-state index is 0. The molecule has 0 aliphatic rings. The van der Waals surface area contributed by atoms with E-state index in [0.29, 0.717) is 41.1 Å². The second-order valence-corrected chi connectivity index (χ2v) is 40.8. The predicted octanol–water partition coefficient (Wildman–Crippen LogP) is 31.4. The second-order valence-electron chi connectivity index (χ2n) is 37.4. The molecule has 0 aliphatic heterocycles. The molecule has 0 bridgehead atoms. The van der Waals surface area contributed by atoms with Gasteiger partial charge in [-0.2, -0.15) is 0 Å². The Morgan fingerprint density at radius 3 is 0.400 bits per heavy atom. The maximum absolute atomic E-state index is 10.6. The minimum Gasteiger partial charge on any atom is -1.00 e. The molecule has 0 aliphatic carbocycles. The molecule has 684 valence electrons. The van der Waals surface area contributed by atoms with Gasteiger partial charge in [0.05, 0.1) is 0 Å². The van der Waals surface area contributed by atoms with Gasteiger partial charge in [0.25, 0.3) is 0 Å². The van der Waals surface area contributed by atoms with E-state index in [2.05, 4.69) is 538 Å². The molecule has 0 aromatic heterocycles. The molecule has 0 amide bonds. The third kappa shape index (κ3) is 35.0. The van der Waals surface area contributed by atoms with E-state index in [1.54, 1.807) is 0 Å². The first-order chi connectivity index (χ1) is 64.7. The van der Waals surface area contributed by atoms with Gasteiger partial charge >= 0.3 is 0 Å². The molecule has 15 rings (SSSR count). The summed E-state index contributed by atoms with van der Waals surface area (Å²) in [6.45, 7) is 27.1. The van der Waals surface area contributed by atoms with Crippen LogP contribution in [0.2, 0.25) is 0 Å². The number of benzene rings is 15. The predicted molar refractivity (Wildman–Crippen MR) is 597 cm³/mol. The summed E-state index contributed by atoms with van der Waals surface area (Å²) >= 11 is 0. The van der Waals surface area contributed by atoms with Gasteiger partial charge in [-0.1, -0.05) is 521 Å². The van der Waals surface area contributed by atoms with Crippen molar-refractivity contribution < 1.29 is 21.8 Å². The summed E-state index contributed by atoms with van der Waals surface area (Å²) in [5.74, 6) is 4.12. The molecule has 15 aromatic carbocycles. The fraction of sp³-hybridized carbons (Fsp3) is 0.189. The zero-order valence-electron chi connectivity index (χ0n) is 80.6. The van der Waals surface area contributed by atoms with Crippen LogP contribution in [-0.4, -0.2) is 6.29 Å². The molecule has 0 saturated carbocycles. The molecule has 0 saturated heterocycles. The first-order valence-corrected chi connectivity index (χ1v) is 49.6. The van der Waals surface area contributed by atoms with Crippen LogP contribution in [0.3, 0.4) is 0 Å². The van der Waals surface area contributed by atoms with E-state index in [1.807, 2.05) is 24.3 Å². The van der Waals surface area contributed by atoms with Crippen molar-refractivity contribution in [3.05, 3.63) is 510 Å². The lowest BCUT2D eigenvalue weighted by atomic mass is 10.0. The molecule has 0 heterocycles. The Hall–Kier alpha value is -13.2. The van der Waals surface area contributed by atoms with Gasteiger partial charge in [-0.15, -0.1) is 0 Å². The summed E-state index contributed by atoms with van der Waals surface area (Å²) in [5, 5.41) is 5.48. The van der Waals surface area contributed by atoms with Gasteiger partial charge in [-0.3, -0.25) is 4.79 Å². The van der Waals surface area contributed by atoms with Crippen LogP contribution < -0.4 is 38.2 Å². The van der Waals surface area contributed by atoms with Crippen molar-refractivity contribution in [2.24, 2.45) is 35.5 Å². The lowest BCUT2D eigenvalue weighted by Gasteiger charge is -2.27. The molecule has 0 spiro atoms. The Labute approximate surface area is 822 Å². The highest BCUT2D eigenvalue weighted by atomic mass is 79.9. The Morgan fingerprint density at radius 1 is 0.163 bits per heavy atom. The third-order valence-electron chi connectivity index (χ3n) is 23.0. The van der Waals surface area contributed by atoms with Crippen LogP contribution in [0, 0.1) is 35.5 Å². The highest BCUT2D eigenvalue weighted by molar-refractivity contribution is 8.01. The lowest BCUT2D eigenvalue weighted by Crippen LogP contribution is -3.00. The molecule has 0 atom stereocenters. The summed E-state index contributed by atoms with van der Waals surface area (Å²) < 4.78 is 0. The summed E-state index contributed by atoms with van der Waals surface area (Å²) in [7, 11) is -2.04. The number of rotatable bonds is 33. The quantitative estimate of drug-likeness (QED) is 0.0228. The topological polar surface area (TPSA) is 17.1 Å². The maximum Gasteiger partial charge on any atom is 0.150 e. The number of carbonyl (C=O) groups excluding carboxylic acids is 1. The van der Waals surface area contributed by atoms with Crippen molar-refractivity contribution in [1.82, 2.24) is 0 Å². The standard InChI is InChI=1S/2C38H40.C36H34P.C19H20O.CH4.BrH/c2*1-29(2)27-37-23-19-35(20-24-37)17-15-33-11-7-31(8-12-33)5-6-32-9-13-34(14-10-32)16-18-36-21-25-38(26-22-36)28-30(3)4;1-29(2)28-32-22-20-30(21-23-32)18-19-31-24-26-36(27-25-31)37(33-12-6-3-7-13-33,34-14-8-4-9-15-34)35-16-10-5-11-17-35;1-15(2)13-18-9-5-16(6-10-18)3-4-17-7-11-19(14-20)12-8-17;;/h2*5-26,29-30H,27-28H2,1-4H3;3-27,29H,28H2,1-2H3;3-12,14-15H,13H2,1-2H3;1H4;1H/q;;+1;;;/p-1. The Kier molecular flexibility index (Phi) is 42.2. The van der Waals surface area contributed by atoms with Crippen LogP contribution in [0.15, 0.2) is 382 Å². The lowest BCUT2D eigenvalue weighted by molar-refractivity contribution is -0.0000330. The van der Waals surface area contributed by atoms with E-state index >= 15 is 0 Å². The molecule has 135 heavy (non-hydrogen) atoms. The van der Waals surface area contributed by atoms with E-state index in [1.165, 1.54) is 138 Å². The number of carbonyl (C=O) groups is 1. The van der Waals surface area contributed by atoms with Gasteiger partial charge in [0.1, 0.15) is 34.8 Å². The van der Waals surface area contributed by atoms with E-state index < -0.39 is 7.26 Å². The highest BCUT2D eigenvalue weighted by Gasteiger charge is 2.47. The fourth-order valence-electron chi connectivity index (χ4n) is 16.2. The zero-order chi connectivity index (χ0) is 93.4. The van der Waals surface area contributed by atoms with Gasteiger partial charge in [-0.25, -0.2) is 0 Å². The van der Waals surface area contributed by atoms with Crippen LogP contribution in [0.4, 0.5) is 0 Å². The van der Waals surface area contributed by atoms with Gasteiger partial charge < -0.3 is 17.0 Å². The normalized spacial score (nSPS) is 11.7.